The molecule has 0 aliphatic rings. The van der Waals surface area contributed by atoms with E-state index in [2.05, 4.69) is 20.6 Å². The third-order valence-corrected chi connectivity index (χ3v) is 3.71. The molecule has 6 nitrogen and oxygen atoms in total. The fourth-order valence-electron chi connectivity index (χ4n) is 2.11. The maximum Gasteiger partial charge on any atom is 0.224 e. The Hall–Kier alpha value is -2.34. The van der Waals surface area contributed by atoms with Gasteiger partial charge in [0, 0.05) is 44.0 Å². The van der Waals surface area contributed by atoms with Crippen molar-refractivity contribution < 1.29 is 4.79 Å². The highest BCUT2D eigenvalue weighted by molar-refractivity contribution is 6.31. The standard InChI is InChI=1S/C17H22ClN5O/c1-12-10-15(23(2)3)22-17(21-12)20-9-8-19-16(24)11-13-6-4-5-7-14(13)18/h4-7,10H,8-9,11H2,1-3H3,(H,19,24)(H,20,21,22). The molecule has 7 heteroatoms. The molecule has 0 bridgehead atoms. The van der Waals surface area contributed by atoms with Crippen LogP contribution in [0.15, 0.2) is 30.3 Å². The van der Waals surface area contributed by atoms with Crippen LogP contribution in [0.4, 0.5) is 11.8 Å². The lowest BCUT2D eigenvalue weighted by atomic mass is 10.1. The van der Waals surface area contributed by atoms with Crippen LogP contribution in [0.3, 0.4) is 0 Å². The normalized spacial score (nSPS) is 10.3. The lowest BCUT2D eigenvalue weighted by molar-refractivity contribution is -0.120. The number of halogens is 1. The first kappa shape index (κ1) is 18.0. The zero-order valence-electron chi connectivity index (χ0n) is 14.1. The first-order valence-corrected chi connectivity index (χ1v) is 8.10. The van der Waals surface area contributed by atoms with Crippen molar-refractivity contribution in [2.45, 2.75) is 13.3 Å². The average Bonchev–Trinajstić information content (AvgIpc) is 2.53. The number of benzene rings is 1. The van der Waals surface area contributed by atoms with E-state index in [1.165, 1.54) is 0 Å². The predicted molar refractivity (Wildman–Crippen MR) is 97.8 cm³/mol. The summed E-state index contributed by atoms with van der Waals surface area (Å²) in [6.45, 7) is 2.95. The van der Waals surface area contributed by atoms with Gasteiger partial charge in [0.1, 0.15) is 5.82 Å². The Kier molecular flexibility index (Phi) is 6.37. The van der Waals surface area contributed by atoms with Crippen molar-refractivity contribution in [3.8, 4) is 0 Å². The SMILES string of the molecule is Cc1cc(N(C)C)nc(NCCNC(=O)Cc2ccccc2Cl)n1. The molecule has 0 saturated heterocycles. The van der Waals surface area contributed by atoms with Crippen LogP contribution >= 0.6 is 11.6 Å². The highest BCUT2D eigenvalue weighted by Gasteiger charge is 2.07. The van der Waals surface area contributed by atoms with Gasteiger partial charge < -0.3 is 15.5 Å². The summed E-state index contributed by atoms with van der Waals surface area (Å²) in [5.74, 6) is 1.33. The summed E-state index contributed by atoms with van der Waals surface area (Å²) in [7, 11) is 3.86. The number of hydrogen-bond donors (Lipinski definition) is 2. The number of aryl methyl sites for hydroxylation is 1. The van der Waals surface area contributed by atoms with E-state index >= 15 is 0 Å². The molecule has 0 unspecified atom stereocenters. The third kappa shape index (κ3) is 5.38. The van der Waals surface area contributed by atoms with Gasteiger partial charge in [0.05, 0.1) is 6.42 Å². The molecule has 0 fully saturated rings. The molecule has 2 rings (SSSR count). The minimum absolute atomic E-state index is 0.0657. The van der Waals surface area contributed by atoms with Crippen LogP contribution in [0.5, 0.6) is 0 Å². The van der Waals surface area contributed by atoms with Crippen LogP contribution in [0.25, 0.3) is 0 Å². The molecule has 0 aliphatic carbocycles. The van der Waals surface area contributed by atoms with Crippen LogP contribution < -0.4 is 15.5 Å². The van der Waals surface area contributed by atoms with Crippen LogP contribution in [0.2, 0.25) is 5.02 Å². The Morgan fingerprint density at radius 3 is 2.67 bits per heavy atom. The smallest absolute Gasteiger partial charge is 0.224 e. The maximum atomic E-state index is 11.9. The minimum Gasteiger partial charge on any atom is -0.363 e. The van der Waals surface area contributed by atoms with E-state index in [1.807, 2.05) is 50.2 Å². The number of aromatic nitrogens is 2. The number of carbonyl (C=O) groups is 1. The number of rotatable bonds is 7. The molecule has 128 valence electrons. The number of nitrogens with one attached hydrogen (secondary N) is 2. The summed E-state index contributed by atoms with van der Waals surface area (Å²) < 4.78 is 0. The summed E-state index contributed by atoms with van der Waals surface area (Å²) >= 11 is 6.05. The van der Waals surface area contributed by atoms with Crippen molar-refractivity contribution in [3.05, 3.63) is 46.6 Å². The van der Waals surface area contributed by atoms with E-state index < -0.39 is 0 Å². The van der Waals surface area contributed by atoms with E-state index in [0.29, 0.717) is 24.1 Å². The molecule has 1 aromatic carbocycles. The zero-order valence-corrected chi connectivity index (χ0v) is 14.9. The first-order chi connectivity index (χ1) is 11.5. The highest BCUT2D eigenvalue weighted by atomic mass is 35.5. The van der Waals surface area contributed by atoms with Crippen molar-refractivity contribution in [2.75, 3.05) is 37.4 Å². The van der Waals surface area contributed by atoms with Gasteiger partial charge in [-0.3, -0.25) is 4.79 Å². The Morgan fingerprint density at radius 2 is 1.96 bits per heavy atom. The van der Waals surface area contributed by atoms with E-state index in [1.54, 1.807) is 6.07 Å². The monoisotopic (exact) mass is 347 g/mol. The summed E-state index contributed by atoms with van der Waals surface area (Å²) in [5.41, 5.74) is 1.71. The summed E-state index contributed by atoms with van der Waals surface area (Å²) in [6, 6.07) is 9.26. The largest absolute Gasteiger partial charge is 0.363 e. The first-order valence-electron chi connectivity index (χ1n) is 7.72. The Balaban J connectivity index is 1.79. The molecule has 1 amide bonds. The molecule has 0 aliphatic heterocycles. The molecule has 0 saturated carbocycles. The molecule has 2 N–H and O–H groups in total. The van der Waals surface area contributed by atoms with Gasteiger partial charge in [-0.25, -0.2) is 4.98 Å². The Labute approximate surface area is 147 Å². The topological polar surface area (TPSA) is 70.2 Å². The minimum atomic E-state index is -0.0657. The fourth-order valence-corrected chi connectivity index (χ4v) is 2.32. The van der Waals surface area contributed by atoms with Gasteiger partial charge in [0.25, 0.3) is 0 Å². The van der Waals surface area contributed by atoms with Crippen molar-refractivity contribution in [1.29, 1.82) is 0 Å². The van der Waals surface area contributed by atoms with Gasteiger partial charge >= 0.3 is 0 Å². The van der Waals surface area contributed by atoms with Crippen molar-refractivity contribution >= 4 is 29.3 Å². The quantitative estimate of drug-likeness (QED) is 0.752. The maximum absolute atomic E-state index is 11.9. The van der Waals surface area contributed by atoms with Crippen molar-refractivity contribution in [2.24, 2.45) is 0 Å². The molecule has 0 spiro atoms. The van der Waals surface area contributed by atoms with Gasteiger partial charge in [-0.05, 0) is 18.6 Å². The second-order valence-corrected chi connectivity index (χ2v) is 6.04. The lowest BCUT2D eigenvalue weighted by Gasteiger charge is -2.14. The van der Waals surface area contributed by atoms with Crippen LogP contribution in [-0.2, 0) is 11.2 Å². The van der Waals surface area contributed by atoms with E-state index in [-0.39, 0.29) is 12.3 Å². The molecule has 24 heavy (non-hydrogen) atoms. The summed E-state index contributed by atoms with van der Waals surface area (Å²) in [5, 5.41) is 6.58. The number of anilines is 2. The number of carbonyl (C=O) groups excluding carboxylic acids is 1. The number of hydrogen-bond acceptors (Lipinski definition) is 5. The number of nitrogens with zero attached hydrogens (tertiary/aromatic N) is 3. The van der Waals surface area contributed by atoms with Gasteiger partial charge in [0.2, 0.25) is 11.9 Å². The van der Waals surface area contributed by atoms with E-state index in [0.717, 1.165) is 17.1 Å². The molecule has 1 aromatic heterocycles. The van der Waals surface area contributed by atoms with Crippen molar-refractivity contribution in [3.63, 3.8) is 0 Å². The molecule has 1 heterocycles. The van der Waals surface area contributed by atoms with Gasteiger partial charge in [-0.2, -0.15) is 4.98 Å². The van der Waals surface area contributed by atoms with Crippen molar-refractivity contribution in [1.82, 2.24) is 15.3 Å². The zero-order chi connectivity index (χ0) is 17.5. The molecule has 0 atom stereocenters. The molecular formula is C17H22ClN5O. The highest BCUT2D eigenvalue weighted by Crippen LogP contribution is 2.15. The average molecular weight is 348 g/mol. The predicted octanol–water partition coefficient (Wildman–Crippen LogP) is 2.28. The fraction of sp³-hybridized carbons (Fsp3) is 0.353. The third-order valence-electron chi connectivity index (χ3n) is 3.34. The van der Waals surface area contributed by atoms with Crippen LogP contribution in [0.1, 0.15) is 11.3 Å². The van der Waals surface area contributed by atoms with Gasteiger partial charge in [-0.15, -0.1) is 0 Å². The van der Waals surface area contributed by atoms with Crippen LogP contribution in [0, 0.1) is 6.92 Å². The van der Waals surface area contributed by atoms with Gasteiger partial charge in [0.15, 0.2) is 0 Å². The molecule has 2 aromatic rings. The molecular weight excluding hydrogens is 326 g/mol. The van der Waals surface area contributed by atoms with Crippen LogP contribution in [-0.4, -0.2) is 43.1 Å². The summed E-state index contributed by atoms with van der Waals surface area (Å²) in [6.07, 6.45) is 0.269. The van der Waals surface area contributed by atoms with E-state index in [4.69, 9.17) is 11.6 Å². The molecule has 0 radical (unpaired) electrons. The Morgan fingerprint density at radius 1 is 1.21 bits per heavy atom. The summed E-state index contributed by atoms with van der Waals surface area (Å²) in [4.78, 5) is 22.6. The van der Waals surface area contributed by atoms with Gasteiger partial charge in [-0.1, -0.05) is 29.8 Å². The Bertz CT molecular complexity index is 705. The second kappa shape index (κ2) is 8.49. The van der Waals surface area contributed by atoms with E-state index in [9.17, 15) is 4.79 Å². The number of amides is 1. The lowest BCUT2D eigenvalue weighted by Crippen LogP contribution is -2.30. The second-order valence-electron chi connectivity index (χ2n) is 5.63.